The van der Waals surface area contributed by atoms with E-state index in [0.29, 0.717) is 19.4 Å². The molecule has 3 atom stereocenters. The first-order chi connectivity index (χ1) is 7.58. The molecule has 4 nitrogen and oxygen atoms in total. The number of epoxide rings is 1. The van der Waals surface area contributed by atoms with Gasteiger partial charge in [-0.15, -0.1) is 0 Å². The van der Waals surface area contributed by atoms with Gasteiger partial charge in [-0.1, -0.05) is 24.9 Å². The number of carbonyl (C=O) groups excluding carboxylic acids is 1. The van der Waals surface area contributed by atoms with Crippen LogP contribution < -0.4 is 0 Å². The molecule has 0 N–H and O–H groups in total. The number of halogens is 1. The Kier molecular flexibility index (Phi) is 3.16. The van der Waals surface area contributed by atoms with Gasteiger partial charge in [0.1, 0.15) is 5.60 Å². The van der Waals surface area contributed by atoms with Crippen molar-refractivity contribution in [3.8, 4) is 0 Å². The van der Waals surface area contributed by atoms with Crippen molar-refractivity contribution in [1.82, 2.24) is 0 Å². The van der Waals surface area contributed by atoms with E-state index < -0.39 is 16.6 Å². The highest BCUT2D eigenvalue weighted by Crippen LogP contribution is 2.58. The molecule has 0 aromatic heterocycles. The predicted octanol–water partition coefficient (Wildman–Crippen LogP) is 1.84. The molecule has 0 aromatic carbocycles. The summed E-state index contributed by atoms with van der Waals surface area (Å²) in [6.07, 6.45) is 3.50. The van der Waals surface area contributed by atoms with Crippen LogP contribution in [0.15, 0.2) is 0 Å². The standard InChI is InChI=1S/C11H17ClO4/c1-3-4-8-7-10(5-6-15-8)11(12,16-10)9(13)14-2/h8H,3-7H2,1-2H3. The van der Waals surface area contributed by atoms with Crippen molar-refractivity contribution in [2.24, 2.45) is 0 Å². The van der Waals surface area contributed by atoms with Gasteiger partial charge in [-0.05, 0) is 6.42 Å². The van der Waals surface area contributed by atoms with Crippen LogP contribution in [0.5, 0.6) is 0 Å². The van der Waals surface area contributed by atoms with Gasteiger partial charge >= 0.3 is 5.97 Å². The summed E-state index contributed by atoms with van der Waals surface area (Å²) in [6, 6.07) is 0. The molecule has 0 aromatic rings. The van der Waals surface area contributed by atoms with Crippen LogP contribution in [-0.4, -0.2) is 36.5 Å². The van der Waals surface area contributed by atoms with E-state index in [4.69, 9.17) is 21.1 Å². The first-order valence-corrected chi connectivity index (χ1v) is 6.05. The molecule has 0 radical (unpaired) electrons. The lowest BCUT2D eigenvalue weighted by Gasteiger charge is -2.28. The molecule has 0 bridgehead atoms. The van der Waals surface area contributed by atoms with E-state index >= 15 is 0 Å². The predicted molar refractivity (Wildman–Crippen MR) is 58.3 cm³/mol. The highest BCUT2D eigenvalue weighted by atomic mass is 35.5. The van der Waals surface area contributed by atoms with Crippen molar-refractivity contribution in [2.45, 2.75) is 49.4 Å². The molecule has 16 heavy (non-hydrogen) atoms. The molecular weight excluding hydrogens is 232 g/mol. The lowest BCUT2D eigenvalue weighted by Crippen LogP contribution is -2.39. The Hall–Kier alpha value is -0.320. The van der Waals surface area contributed by atoms with Gasteiger partial charge in [-0.25, -0.2) is 4.79 Å². The van der Waals surface area contributed by atoms with Gasteiger partial charge in [0.15, 0.2) is 0 Å². The van der Waals surface area contributed by atoms with Crippen LogP contribution in [0, 0.1) is 0 Å². The molecule has 1 spiro atoms. The Morgan fingerprint density at radius 2 is 2.38 bits per heavy atom. The third kappa shape index (κ3) is 1.73. The number of carbonyl (C=O) groups is 1. The second kappa shape index (κ2) is 4.17. The fourth-order valence-electron chi connectivity index (χ4n) is 2.41. The van der Waals surface area contributed by atoms with Gasteiger partial charge in [0.2, 0.25) is 0 Å². The summed E-state index contributed by atoms with van der Waals surface area (Å²) in [4.78, 5) is 11.5. The van der Waals surface area contributed by atoms with Crippen LogP contribution in [0.2, 0.25) is 0 Å². The molecule has 0 amide bonds. The Morgan fingerprint density at radius 3 is 3.00 bits per heavy atom. The summed E-state index contributed by atoms with van der Waals surface area (Å²) < 4.78 is 15.7. The number of hydrogen-bond donors (Lipinski definition) is 0. The SMILES string of the molecule is CCCC1CC2(CCO1)OC2(Cl)C(=O)OC. The van der Waals surface area contributed by atoms with Crippen LogP contribution in [0.3, 0.4) is 0 Å². The molecule has 2 aliphatic heterocycles. The maximum absolute atomic E-state index is 11.5. The highest BCUT2D eigenvalue weighted by Gasteiger charge is 2.75. The summed E-state index contributed by atoms with van der Waals surface area (Å²) in [7, 11) is 1.32. The van der Waals surface area contributed by atoms with Gasteiger partial charge in [0.25, 0.3) is 5.06 Å². The van der Waals surface area contributed by atoms with Crippen LogP contribution >= 0.6 is 11.6 Å². The van der Waals surface area contributed by atoms with E-state index in [0.717, 1.165) is 12.8 Å². The lowest BCUT2D eigenvalue weighted by atomic mass is 9.90. The smallest absolute Gasteiger partial charge is 0.357 e. The number of esters is 1. The molecule has 2 saturated heterocycles. The summed E-state index contributed by atoms with van der Waals surface area (Å²) >= 11 is 6.14. The van der Waals surface area contributed by atoms with E-state index in [-0.39, 0.29) is 6.10 Å². The topological polar surface area (TPSA) is 48.1 Å². The summed E-state index contributed by atoms with van der Waals surface area (Å²) in [5.41, 5.74) is -0.556. The first-order valence-electron chi connectivity index (χ1n) is 5.67. The van der Waals surface area contributed by atoms with Crippen molar-refractivity contribution in [3.05, 3.63) is 0 Å². The largest absolute Gasteiger partial charge is 0.466 e. The Labute approximate surface area is 100 Å². The molecular formula is C11H17ClO4. The molecule has 2 heterocycles. The van der Waals surface area contributed by atoms with Crippen molar-refractivity contribution in [2.75, 3.05) is 13.7 Å². The Bertz CT molecular complexity index is 294. The van der Waals surface area contributed by atoms with Crippen LogP contribution in [-0.2, 0) is 19.0 Å². The Balaban J connectivity index is 2.03. The third-order valence-electron chi connectivity index (χ3n) is 3.36. The number of ether oxygens (including phenoxy) is 3. The normalized spacial score (nSPS) is 42.1. The van der Waals surface area contributed by atoms with Crippen LogP contribution in [0.1, 0.15) is 32.6 Å². The molecule has 5 heteroatoms. The van der Waals surface area contributed by atoms with Crippen molar-refractivity contribution >= 4 is 17.6 Å². The molecule has 0 aliphatic carbocycles. The summed E-state index contributed by atoms with van der Waals surface area (Å²) in [6.45, 7) is 2.70. The molecule has 2 fully saturated rings. The quantitative estimate of drug-likeness (QED) is 0.434. The average Bonchev–Trinajstić information content (AvgIpc) is 2.83. The van der Waals surface area contributed by atoms with Gasteiger partial charge in [0.05, 0.1) is 13.2 Å². The minimum Gasteiger partial charge on any atom is -0.466 e. The maximum Gasteiger partial charge on any atom is 0.357 e. The molecule has 2 rings (SSSR count). The van der Waals surface area contributed by atoms with Crippen molar-refractivity contribution < 1.29 is 19.0 Å². The maximum atomic E-state index is 11.5. The van der Waals surface area contributed by atoms with Crippen molar-refractivity contribution in [3.63, 3.8) is 0 Å². The summed E-state index contributed by atoms with van der Waals surface area (Å²) in [5, 5.41) is -1.27. The number of hydrogen-bond acceptors (Lipinski definition) is 4. The highest BCUT2D eigenvalue weighted by molar-refractivity contribution is 6.36. The van der Waals surface area contributed by atoms with Crippen LogP contribution in [0.25, 0.3) is 0 Å². The van der Waals surface area contributed by atoms with E-state index in [1.54, 1.807) is 0 Å². The van der Waals surface area contributed by atoms with Gasteiger partial charge < -0.3 is 14.2 Å². The van der Waals surface area contributed by atoms with Gasteiger partial charge in [0, 0.05) is 19.4 Å². The Morgan fingerprint density at radius 1 is 1.62 bits per heavy atom. The van der Waals surface area contributed by atoms with Gasteiger partial charge in [-0.3, -0.25) is 0 Å². The van der Waals surface area contributed by atoms with E-state index in [1.165, 1.54) is 7.11 Å². The molecule has 3 unspecified atom stereocenters. The van der Waals surface area contributed by atoms with E-state index in [1.807, 2.05) is 0 Å². The second-order valence-electron chi connectivity index (χ2n) is 4.42. The summed E-state index contributed by atoms with van der Waals surface area (Å²) in [5.74, 6) is -0.494. The molecule has 2 aliphatic rings. The van der Waals surface area contributed by atoms with Gasteiger partial charge in [-0.2, -0.15) is 0 Å². The monoisotopic (exact) mass is 248 g/mol. The number of alkyl halides is 1. The molecule has 92 valence electrons. The second-order valence-corrected chi connectivity index (χ2v) is 4.95. The minimum atomic E-state index is -1.27. The fraction of sp³-hybridized carbons (Fsp3) is 0.909. The van der Waals surface area contributed by atoms with Crippen LogP contribution in [0.4, 0.5) is 0 Å². The minimum absolute atomic E-state index is 0.143. The number of rotatable bonds is 3. The third-order valence-corrected chi connectivity index (χ3v) is 3.93. The fourth-order valence-corrected chi connectivity index (χ4v) is 2.81. The first kappa shape index (κ1) is 12.1. The molecule has 0 saturated carbocycles. The zero-order valence-electron chi connectivity index (χ0n) is 9.62. The zero-order chi connectivity index (χ0) is 11.8. The lowest BCUT2D eigenvalue weighted by molar-refractivity contribution is -0.143. The van der Waals surface area contributed by atoms with E-state index in [9.17, 15) is 4.79 Å². The average molecular weight is 249 g/mol. The van der Waals surface area contributed by atoms with Crippen molar-refractivity contribution in [1.29, 1.82) is 0 Å². The number of methoxy groups -OCH3 is 1. The zero-order valence-corrected chi connectivity index (χ0v) is 10.4. The van der Waals surface area contributed by atoms with E-state index in [2.05, 4.69) is 11.7 Å².